The number of rotatable bonds is 2. The maximum absolute atomic E-state index is 11.7. The Morgan fingerprint density at radius 1 is 1.50 bits per heavy atom. The predicted molar refractivity (Wildman–Crippen MR) is 55.7 cm³/mol. The van der Waals surface area contributed by atoms with Gasteiger partial charge in [-0.15, -0.1) is 0 Å². The predicted octanol–water partition coefficient (Wildman–Crippen LogP) is 0.982. The van der Waals surface area contributed by atoms with Gasteiger partial charge in [0.2, 0.25) is 5.91 Å². The minimum atomic E-state index is 0.333. The van der Waals surface area contributed by atoms with E-state index >= 15 is 0 Å². The molecule has 0 radical (unpaired) electrons. The van der Waals surface area contributed by atoms with Gasteiger partial charge in [0, 0.05) is 19.0 Å². The van der Waals surface area contributed by atoms with Crippen LogP contribution in [-0.2, 0) is 4.79 Å². The standard InChI is InChI=1S/C11H20N2O/c1-8-2-3-10(4-8)13-7-9(6-12)5-11(13)14/h8-10H,2-7,12H2,1H3. The number of nitrogens with zero attached hydrogens (tertiary/aromatic N) is 1. The number of likely N-dealkylation sites (tertiary alicyclic amines) is 1. The Balaban J connectivity index is 1.95. The molecule has 1 heterocycles. The summed E-state index contributed by atoms with van der Waals surface area (Å²) in [6, 6.07) is 0.522. The number of hydrogen-bond acceptors (Lipinski definition) is 2. The summed E-state index contributed by atoms with van der Waals surface area (Å²) in [5.41, 5.74) is 5.61. The largest absolute Gasteiger partial charge is 0.339 e. The highest BCUT2D eigenvalue weighted by Crippen LogP contribution is 2.32. The second kappa shape index (κ2) is 3.89. The molecule has 2 N–H and O–H groups in total. The number of amides is 1. The highest BCUT2D eigenvalue weighted by Gasteiger charge is 2.36. The number of carbonyl (C=O) groups is 1. The van der Waals surface area contributed by atoms with Crippen molar-refractivity contribution in [1.82, 2.24) is 4.90 Å². The molecule has 0 aromatic rings. The third-order valence-corrected chi connectivity index (χ3v) is 3.68. The molecular formula is C11H20N2O. The molecule has 0 aromatic carbocycles. The van der Waals surface area contributed by atoms with Crippen LogP contribution in [0.4, 0.5) is 0 Å². The van der Waals surface area contributed by atoms with E-state index in [1.165, 1.54) is 19.3 Å². The fraction of sp³-hybridized carbons (Fsp3) is 0.909. The van der Waals surface area contributed by atoms with Crippen molar-refractivity contribution in [3.63, 3.8) is 0 Å². The Hall–Kier alpha value is -0.570. The minimum Gasteiger partial charge on any atom is -0.339 e. The summed E-state index contributed by atoms with van der Waals surface area (Å²) in [5.74, 6) is 1.54. The van der Waals surface area contributed by atoms with Crippen molar-refractivity contribution in [2.45, 2.75) is 38.6 Å². The van der Waals surface area contributed by atoms with Crippen molar-refractivity contribution >= 4 is 5.91 Å². The summed E-state index contributed by atoms with van der Waals surface area (Å²) < 4.78 is 0. The fourth-order valence-corrected chi connectivity index (χ4v) is 2.78. The van der Waals surface area contributed by atoms with Crippen LogP contribution in [0, 0.1) is 11.8 Å². The Kier molecular flexibility index (Phi) is 2.77. The smallest absolute Gasteiger partial charge is 0.223 e. The van der Waals surface area contributed by atoms with E-state index in [0.29, 0.717) is 30.8 Å². The topological polar surface area (TPSA) is 46.3 Å². The highest BCUT2D eigenvalue weighted by atomic mass is 16.2. The lowest BCUT2D eigenvalue weighted by Gasteiger charge is -2.24. The van der Waals surface area contributed by atoms with E-state index < -0.39 is 0 Å². The first-order chi connectivity index (χ1) is 6.70. The summed E-state index contributed by atoms with van der Waals surface area (Å²) in [6.07, 6.45) is 4.36. The van der Waals surface area contributed by atoms with Gasteiger partial charge in [0.15, 0.2) is 0 Å². The van der Waals surface area contributed by atoms with Crippen LogP contribution in [0.15, 0.2) is 0 Å². The van der Waals surface area contributed by atoms with Gasteiger partial charge in [-0.25, -0.2) is 0 Å². The quantitative estimate of drug-likeness (QED) is 0.715. The molecule has 1 aliphatic heterocycles. The molecule has 2 fully saturated rings. The Morgan fingerprint density at radius 2 is 2.29 bits per heavy atom. The van der Waals surface area contributed by atoms with E-state index in [4.69, 9.17) is 5.73 Å². The number of nitrogens with two attached hydrogens (primary N) is 1. The van der Waals surface area contributed by atoms with Crippen molar-refractivity contribution in [3.8, 4) is 0 Å². The monoisotopic (exact) mass is 196 g/mol. The zero-order valence-corrected chi connectivity index (χ0v) is 8.91. The van der Waals surface area contributed by atoms with E-state index in [2.05, 4.69) is 11.8 Å². The van der Waals surface area contributed by atoms with Crippen molar-refractivity contribution < 1.29 is 4.79 Å². The van der Waals surface area contributed by atoms with Gasteiger partial charge in [-0.1, -0.05) is 6.92 Å². The van der Waals surface area contributed by atoms with Gasteiger partial charge in [0.05, 0.1) is 0 Å². The zero-order chi connectivity index (χ0) is 10.1. The average molecular weight is 196 g/mol. The summed E-state index contributed by atoms with van der Waals surface area (Å²) >= 11 is 0. The van der Waals surface area contributed by atoms with Crippen LogP contribution in [0.3, 0.4) is 0 Å². The molecule has 1 aliphatic carbocycles. The van der Waals surface area contributed by atoms with Crippen molar-refractivity contribution in [2.24, 2.45) is 17.6 Å². The van der Waals surface area contributed by atoms with Gasteiger partial charge in [-0.2, -0.15) is 0 Å². The normalized spacial score (nSPS) is 38.3. The molecule has 2 rings (SSSR count). The van der Waals surface area contributed by atoms with Crippen LogP contribution < -0.4 is 5.73 Å². The zero-order valence-electron chi connectivity index (χ0n) is 8.91. The Morgan fingerprint density at radius 3 is 2.79 bits per heavy atom. The maximum Gasteiger partial charge on any atom is 0.223 e. The first-order valence-corrected chi connectivity index (χ1v) is 5.70. The molecule has 1 amide bonds. The number of hydrogen-bond donors (Lipinski definition) is 1. The Labute approximate surface area is 85.6 Å². The van der Waals surface area contributed by atoms with E-state index in [1.54, 1.807) is 0 Å². The first-order valence-electron chi connectivity index (χ1n) is 5.70. The summed E-state index contributed by atoms with van der Waals surface area (Å²) in [6.45, 7) is 3.85. The van der Waals surface area contributed by atoms with Crippen LogP contribution >= 0.6 is 0 Å². The summed E-state index contributed by atoms with van der Waals surface area (Å²) in [7, 11) is 0. The lowest BCUT2D eigenvalue weighted by atomic mass is 10.1. The van der Waals surface area contributed by atoms with Gasteiger partial charge in [-0.3, -0.25) is 4.79 Å². The number of carbonyl (C=O) groups excluding carboxylic acids is 1. The molecule has 1 saturated heterocycles. The van der Waals surface area contributed by atoms with E-state index in [9.17, 15) is 4.79 Å². The van der Waals surface area contributed by atoms with Crippen LogP contribution in [0.25, 0.3) is 0 Å². The van der Waals surface area contributed by atoms with Crippen molar-refractivity contribution in [3.05, 3.63) is 0 Å². The van der Waals surface area contributed by atoms with Crippen molar-refractivity contribution in [2.75, 3.05) is 13.1 Å². The summed E-state index contributed by atoms with van der Waals surface area (Å²) in [4.78, 5) is 13.8. The molecule has 2 aliphatic rings. The maximum atomic E-state index is 11.7. The fourth-order valence-electron chi connectivity index (χ4n) is 2.78. The minimum absolute atomic E-state index is 0.333. The average Bonchev–Trinajstić information content (AvgIpc) is 2.71. The molecule has 0 aromatic heterocycles. The molecule has 0 spiro atoms. The molecule has 3 heteroatoms. The third kappa shape index (κ3) is 1.78. The van der Waals surface area contributed by atoms with Gasteiger partial charge < -0.3 is 10.6 Å². The summed E-state index contributed by atoms with van der Waals surface area (Å²) in [5, 5.41) is 0. The van der Waals surface area contributed by atoms with Crippen molar-refractivity contribution in [1.29, 1.82) is 0 Å². The second-order valence-corrected chi connectivity index (χ2v) is 4.92. The molecule has 1 saturated carbocycles. The van der Waals surface area contributed by atoms with E-state index in [0.717, 1.165) is 12.5 Å². The highest BCUT2D eigenvalue weighted by molar-refractivity contribution is 5.79. The molecule has 80 valence electrons. The van der Waals surface area contributed by atoms with Gasteiger partial charge in [0.1, 0.15) is 0 Å². The third-order valence-electron chi connectivity index (χ3n) is 3.68. The lowest BCUT2D eigenvalue weighted by Crippen LogP contribution is -2.35. The molecule has 3 atom stereocenters. The van der Waals surface area contributed by atoms with Crippen LogP contribution in [0.5, 0.6) is 0 Å². The second-order valence-electron chi connectivity index (χ2n) is 4.92. The first kappa shape index (κ1) is 9.97. The van der Waals surface area contributed by atoms with Crippen LogP contribution in [-0.4, -0.2) is 29.9 Å². The van der Waals surface area contributed by atoms with E-state index in [-0.39, 0.29) is 0 Å². The molecule has 14 heavy (non-hydrogen) atoms. The van der Waals surface area contributed by atoms with Gasteiger partial charge >= 0.3 is 0 Å². The van der Waals surface area contributed by atoms with Gasteiger partial charge in [-0.05, 0) is 37.6 Å². The Bertz CT molecular complexity index is 229. The van der Waals surface area contributed by atoms with E-state index in [1.807, 2.05) is 0 Å². The van der Waals surface area contributed by atoms with Crippen LogP contribution in [0.2, 0.25) is 0 Å². The molecular weight excluding hydrogens is 176 g/mol. The van der Waals surface area contributed by atoms with Gasteiger partial charge in [0.25, 0.3) is 0 Å². The molecule has 3 nitrogen and oxygen atoms in total. The lowest BCUT2D eigenvalue weighted by molar-refractivity contribution is -0.129. The SMILES string of the molecule is CC1CCC(N2CC(CN)CC2=O)C1. The molecule has 0 bridgehead atoms. The van der Waals surface area contributed by atoms with Crippen LogP contribution in [0.1, 0.15) is 32.6 Å². The molecule has 3 unspecified atom stereocenters.